The highest BCUT2D eigenvalue weighted by Gasteiger charge is 2.15. The number of aryl methyl sites for hydroxylation is 1. The number of nitrogens with one attached hydrogen (secondary N) is 2. The zero-order valence-electron chi connectivity index (χ0n) is 14.7. The minimum atomic E-state index is -0.439. The molecule has 2 amide bonds. The summed E-state index contributed by atoms with van der Waals surface area (Å²) >= 11 is 0. The molecule has 0 radical (unpaired) electrons. The molecular formula is C21H20N2O3. The lowest BCUT2D eigenvalue weighted by Gasteiger charge is -2.12. The molecule has 3 aromatic carbocycles. The number of hydrogen-bond donors (Lipinski definition) is 2. The maximum Gasteiger partial charge on any atom is 0.273 e. The molecule has 0 fully saturated rings. The average Bonchev–Trinajstić information content (AvgIpc) is 2.70. The predicted molar refractivity (Wildman–Crippen MR) is 101 cm³/mol. The lowest BCUT2D eigenvalue weighted by atomic mass is 10.1. The first kappa shape index (κ1) is 17.5. The SMILES string of the molecule is CCc1ccc(C(=O)NNC(=O)c2cc3ccccc3cc2OC)cc1. The molecule has 0 heterocycles. The van der Waals surface area contributed by atoms with E-state index >= 15 is 0 Å². The van der Waals surface area contributed by atoms with Crippen molar-refractivity contribution in [3.8, 4) is 5.75 Å². The Morgan fingerprint density at radius 1 is 0.885 bits per heavy atom. The maximum atomic E-state index is 12.5. The average molecular weight is 348 g/mol. The van der Waals surface area contributed by atoms with Crippen LogP contribution < -0.4 is 15.6 Å². The molecule has 5 nitrogen and oxygen atoms in total. The van der Waals surface area contributed by atoms with E-state index < -0.39 is 5.91 Å². The highest BCUT2D eigenvalue weighted by atomic mass is 16.5. The van der Waals surface area contributed by atoms with Gasteiger partial charge in [0, 0.05) is 5.56 Å². The third kappa shape index (κ3) is 3.67. The Kier molecular flexibility index (Phi) is 5.17. The molecule has 0 saturated carbocycles. The van der Waals surface area contributed by atoms with Crippen LogP contribution in [0.15, 0.2) is 60.7 Å². The number of ether oxygens (including phenoxy) is 1. The molecule has 0 aromatic heterocycles. The van der Waals surface area contributed by atoms with Gasteiger partial charge in [0.15, 0.2) is 0 Å². The second-order valence-electron chi connectivity index (χ2n) is 5.86. The molecule has 2 N–H and O–H groups in total. The van der Waals surface area contributed by atoms with Crippen molar-refractivity contribution in [2.24, 2.45) is 0 Å². The monoisotopic (exact) mass is 348 g/mol. The van der Waals surface area contributed by atoms with Gasteiger partial charge in [0.1, 0.15) is 5.75 Å². The minimum absolute atomic E-state index is 0.354. The van der Waals surface area contributed by atoms with E-state index in [0.717, 1.165) is 22.8 Å². The Hall–Kier alpha value is -3.34. The van der Waals surface area contributed by atoms with Crippen LogP contribution in [0.3, 0.4) is 0 Å². The molecule has 26 heavy (non-hydrogen) atoms. The Morgan fingerprint density at radius 3 is 2.12 bits per heavy atom. The summed E-state index contributed by atoms with van der Waals surface area (Å²) in [7, 11) is 1.51. The van der Waals surface area contributed by atoms with Crippen LogP contribution in [0.25, 0.3) is 10.8 Å². The summed E-state index contributed by atoms with van der Waals surface area (Å²) in [6, 6.07) is 18.5. The number of rotatable bonds is 4. The molecule has 0 atom stereocenters. The number of fused-ring (bicyclic) bond motifs is 1. The van der Waals surface area contributed by atoms with Crippen molar-refractivity contribution >= 4 is 22.6 Å². The van der Waals surface area contributed by atoms with Gasteiger partial charge in [-0.25, -0.2) is 0 Å². The molecule has 0 unspecified atom stereocenters. The van der Waals surface area contributed by atoms with Gasteiger partial charge in [-0.15, -0.1) is 0 Å². The zero-order chi connectivity index (χ0) is 18.5. The highest BCUT2D eigenvalue weighted by molar-refractivity contribution is 6.03. The molecule has 0 saturated heterocycles. The first-order chi connectivity index (χ1) is 12.6. The first-order valence-corrected chi connectivity index (χ1v) is 8.38. The molecule has 0 aliphatic rings. The van der Waals surface area contributed by atoms with Crippen LogP contribution in [-0.2, 0) is 6.42 Å². The number of benzene rings is 3. The smallest absolute Gasteiger partial charge is 0.273 e. The fourth-order valence-electron chi connectivity index (χ4n) is 2.71. The summed E-state index contributed by atoms with van der Waals surface area (Å²) in [5.41, 5.74) is 6.87. The van der Waals surface area contributed by atoms with Gasteiger partial charge in [-0.1, -0.05) is 43.3 Å². The first-order valence-electron chi connectivity index (χ1n) is 8.38. The fraction of sp³-hybridized carbons (Fsp3) is 0.143. The van der Waals surface area contributed by atoms with E-state index in [1.54, 1.807) is 24.3 Å². The molecule has 0 spiro atoms. The van der Waals surface area contributed by atoms with Gasteiger partial charge in [0.2, 0.25) is 0 Å². The third-order valence-electron chi connectivity index (χ3n) is 4.23. The fourth-order valence-corrected chi connectivity index (χ4v) is 2.71. The standard InChI is InChI=1S/C21H20N2O3/c1-3-14-8-10-15(11-9-14)20(24)22-23-21(25)18-12-16-6-4-5-7-17(16)13-19(18)26-2/h4-13H,3H2,1-2H3,(H,22,24)(H,23,25). The van der Waals surface area contributed by atoms with Gasteiger partial charge < -0.3 is 4.74 Å². The number of hydrogen-bond acceptors (Lipinski definition) is 3. The molecule has 3 rings (SSSR count). The van der Waals surface area contributed by atoms with Crippen LogP contribution in [0.2, 0.25) is 0 Å². The predicted octanol–water partition coefficient (Wildman–Crippen LogP) is 3.49. The number of hydrazine groups is 1. The summed E-state index contributed by atoms with van der Waals surface area (Å²) in [6.07, 6.45) is 0.903. The largest absolute Gasteiger partial charge is 0.496 e. The number of carbonyl (C=O) groups is 2. The Labute approximate surface area is 152 Å². The van der Waals surface area contributed by atoms with Gasteiger partial charge in [-0.05, 0) is 47.0 Å². The van der Waals surface area contributed by atoms with Gasteiger partial charge in [-0.2, -0.15) is 0 Å². The second-order valence-corrected chi connectivity index (χ2v) is 5.86. The molecule has 5 heteroatoms. The quantitative estimate of drug-likeness (QED) is 0.709. The van der Waals surface area contributed by atoms with Crippen molar-refractivity contribution in [2.45, 2.75) is 13.3 Å². The molecule has 0 bridgehead atoms. The lowest BCUT2D eigenvalue weighted by molar-refractivity contribution is 0.0845. The van der Waals surface area contributed by atoms with Crippen molar-refractivity contribution in [2.75, 3.05) is 7.11 Å². The topological polar surface area (TPSA) is 67.4 Å². The molecule has 0 aliphatic heterocycles. The summed E-state index contributed by atoms with van der Waals surface area (Å²) in [5, 5.41) is 1.89. The van der Waals surface area contributed by atoms with E-state index in [9.17, 15) is 9.59 Å². The van der Waals surface area contributed by atoms with Crippen molar-refractivity contribution in [1.29, 1.82) is 0 Å². The summed E-state index contributed by atoms with van der Waals surface area (Å²) in [4.78, 5) is 24.7. The van der Waals surface area contributed by atoms with Gasteiger partial charge in [-0.3, -0.25) is 20.4 Å². The van der Waals surface area contributed by atoms with E-state index in [-0.39, 0.29) is 5.91 Å². The zero-order valence-corrected chi connectivity index (χ0v) is 14.7. The lowest BCUT2D eigenvalue weighted by Crippen LogP contribution is -2.41. The minimum Gasteiger partial charge on any atom is -0.496 e. The Balaban J connectivity index is 1.75. The van der Waals surface area contributed by atoms with Gasteiger partial charge in [0.05, 0.1) is 12.7 Å². The van der Waals surface area contributed by atoms with Crippen LogP contribution >= 0.6 is 0 Å². The molecule has 3 aromatic rings. The van der Waals surface area contributed by atoms with E-state index in [4.69, 9.17) is 4.74 Å². The van der Waals surface area contributed by atoms with Crippen LogP contribution in [0.4, 0.5) is 0 Å². The van der Waals surface area contributed by atoms with Crippen LogP contribution in [0, 0.1) is 0 Å². The summed E-state index contributed by atoms with van der Waals surface area (Å²) in [6.45, 7) is 2.05. The number of carbonyl (C=O) groups excluding carboxylic acids is 2. The van der Waals surface area contributed by atoms with Crippen molar-refractivity contribution in [3.05, 3.63) is 77.4 Å². The summed E-state index contributed by atoms with van der Waals surface area (Å²) < 4.78 is 5.32. The molecule has 132 valence electrons. The summed E-state index contributed by atoms with van der Waals surface area (Å²) in [5.74, 6) is -0.366. The third-order valence-corrected chi connectivity index (χ3v) is 4.23. The van der Waals surface area contributed by atoms with Gasteiger partial charge in [0.25, 0.3) is 11.8 Å². The van der Waals surface area contributed by atoms with Crippen LogP contribution in [0.5, 0.6) is 5.75 Å². The maximum absolute atomic E-state index is 12.5. The van der Waals surface area contributed by atoms with E-state index in [1.807, 2.05) is 43.3 Å². The number of methoxy groups -OCH3 is 1. The van der Waals surface area contributed by atoms with Crippen molar-refractivity contribution < 1.29 is 14.3 Å². The molecular weight excluding hydrogens is 328 g/mol. The van der Waals surface area contributed by atoms with Crippen molar-refractivity contribution in [1.82, 2.24) is 10.9 Å². The Bertz CT molecular complexity index is 949. The highest BCUT2D eigenvalue weighted by Crippen LogP contribution is 2.25. The number of amides is 2. The van der Waals surface area contributed by atoms with Gasteiger partial charge >= 0.3 is 0 Å². The van der Waals surface area contributed by atoms with E-state index in [1.165, 1.54) is 7.11 Å². The van der Waals surface area contributed by atoms with E-state index in [2.05, 4.69) is 10.9 Å². The van der Waals surface area contributed by atoms with Crippen LogP contribution in [-0.4, -0.2) is 18.9 Å². The van der Waals surface area contributed by atoms with Crippen molar-refractivity contribution in [3.63, 3.8) is 0 Å². The van der Waals surface area contributed by atoms with Crippen LogP contribution in [0.1, 0.15) is 33.2 Å². The Morgan fingerprint density at radius 2 is 1.50 bits per heavy atom. The second kappa shape index (κ2) is 7.70. The normalized spacial score (nSPS) is 10.4. The van der Waals surface area contributed by atoms with E-state index in [0.29, 0.717) is 16.9 Å². The molecule has 0 aliphatic carbocycles.